The van der Waals surface area contributed by atoms with Gasteiger partial charge in [0.25, 0.3) is 0 Å². The molecule has 0 fully saturated rings. The van der Waals surface area contributed by atoms with E-state index >= 15 is 0 Å². The number of benzene rings is 2. The van der Waals surface area contributed by atoms with Gasteiger partial charge in [0.05, 0.1) is 12.2 Å². The lowest BCUT2D eigenvalue weighted by atomic mass is 10.0. The van der Waals surface area contributed by atoms with Crippen molar-refractivity contribution >= 4 is 21.9 Å². The minimum absolute atomic E-state index is 0.288. The summed E-state index contributed by atoms with van der Waals surface area (Å²) in [5.41, 5.74) is 5.58. The average Bonchev–Trinajstić information content (AvgIpc) is 2.94. The molecule has 0 saturated carbocycles. The molecule has 0 bridgehead atoms. The van der Waals surface area contributed by atoms with Gasteiger partial charge < -0.3 is 9.30 Å². The molecule has 1 aromatic heterocycles. The summed E-state index contributed by atoms with van der Waals surface area (Å²) in [7, 11) is 0. The van der Waals surface area contributed by atoms with Gasteiger partial charge in [-0.1, -0.05) is 45.8 Å². The third-order valence-electron chi connectivity index (χ3n) is 4.20. The lowest BCUT2D eigenvalue weighted by molar-refractivity contribution is 0.0526. The quantitative estimate of drug-likeness (QED) is 0.528. The second-order valence-electron chi connectivity index (χ2n) is 5.94. The number of nitrogens with zero attached hydrogens (tertiary/aromatic N) is 1. The Morgan fingerprint density at radius 3 is 2.28 bits per heavy atom. The van der Waals surface area contributed by atoms with Crippen molar-refractivity contribution in [2.24, 2.45) is 0 Å². The van der Waals surface area contributed by atoms with Gasteiger partial charge in [-0.05, 0) is 50.6 Å². The highest BCUT2D eigenvalue weighted by atomic mass is 79.9. The van der Waals surface area contributed by atoms with Gasteiger partial charge in [-0.15, -0.1) is 0 Å². The van der Waals surface area contributed by atoms with E-state index in [1.165, 1.54) is 5.56 Å². The van der Waals surface area contributed by atoms with Crippen LogP contribution in [-0.4, -0.2) is 17.1 Å². The third kappa shape index (κ3) is 3.54. The van der Waals surface area contributed by atoms with E-state index in [0.29, 0.717) is 12.2 Å². The van der Waals surface area contributed by atoms with Crippen LogP contribution < -0.4 is 0 Å². The number of hydrogen-bond acceptors (Lipinski definition) is 2. The molecule has 0 aliphatic carbocycles. The van der Waals surface area contributed by atoms with Gasteiger partial charge in [0.1, 0.15) is 0 Å². The maximum absolute atomic E-state index is 12.6. The van der Waals surface area contributed by atoms with Gasteiger partial charge in [-0.25, -0.2) is 4.79 Å². The van der Waals surface area contributed by atoms with E-state index < -0.39 is 0 Å². The van der Waals surface area contributed by atoms with Crippen LogP contribution in [0.1, 0.15) is 28.5 Å². The number of halogens is 1. The average molecular weight is 398 g/mol. The van der Waals surface area contributed by atoms with Crippen LogP contribution >= 0.6 is 15.9 Å². The fourth-order valence-electron chi connectivity index (χ4n) is 2.89. The molecule has 0 saturated heterocycles. The van der Waals surface area contributed by atoms with Crippen LogP contribution in [0.4, 0.5) is 0 Å². The SMILES string of the molecule is CCOC(=O)c1c(-c2ccc(Br)cc2)cn(-c2ccc(C)cc2)c1C. The van der Waals surface area contributed by atoms with Crippen molar-refractivity contribution in [3.8, 4) is 16.8 Å². The maximum Gasteiger partial charge on any atom is 0.340 e. The number of aryl methyl sites for hydroxylation is 1. The van der Waals surface area contributed by atoms with Crippen molar-refractivity contribution in [1.29, 1.82) is 0 Å². The second kappa shape index (κ2) is 7.28. The molecule has 0 aliphatic rings. The van der Waals surface area contributed by atoms with Crippen molar-refractivity contribution in [2.75, 3.05) is 6.61 Å². The smallest absolute Gasteiger partial charge is 0.340 e. The molecule has 0 amide bonds. The van der Waals surface area contributed by atoms with E-state index in [1.807, 2.05) is 48.9 Å². The maximum atomic E-state index is 12.6. The largest absolute Gasteiger partial charge is 0.462 e. The first-order valence-corrected chi connectivity index (χ1v) is 9.02. The van der Waals surface area contributed by atoms with E-state index in [4.69, 9.17) is 4.74 Å². The zero-order chi connectivity index (χ0) is 18.0. The van der Waals surface area contributed by atoms with Crippen LogP contribution in [0.5, 0.6) is 0 Å². The molecule has 0 atom stereocenters. The van der Waals surface area contributed by atoms with Gasteiger partial charge in [-0.3, -0.25) is 0 Å². The van der Waals surface area contributed by atoms with E-state index in [2.05, 4.69) is 47.1 Å². The van der Waals surface area contributed by atoms with E-state index in [9.17, 15) is 4.79 Å². The summed E-state index contributed by atoms with van der Waals surface area (Å²) in [6.45, 7) is 6.19. The molecule has 1 heterocycles. The molecule has 0 radical (unpaired) electrons. The summed E-state index contributed by atoms with van der Waals surface area (Å²) in [4.78, 5) is 12.6. The fourth-order valence-corrected chi connectivity index (χ4v) is 3.15. The monoisotopic (exact) mass is 397 g/mol. The number of esters is 1. The minimum atomic E-state index is -0.288. The van der Waals surface area contributed by atoms with Crippen LogP contribution in [-0.2, 0) is 4.74 Å². The lowest BCUT2D eigenvalue weighted by Crippen LogP contribution is -2.07. The van der Waals surface area contributed by atoms with Crippen molar-refractivity contribution in [1.82, 2.24) is 4.57 Å². The van der Waals surface area contributed by atoms with Crippen molar-refractivity contribution < 1.29 is 9.53 Å². The van der Waals surface area contributed by atoms with E-state index in [0.717, 1.165) is 27.0 Å². The highest BCUT2D eigenvalue weighted by Gasteiger charge is 2.22. The zero-order valence-corrected chi connectivity index (χ0v) is 16.1. The molecule has 128 valence electrons. The Bertz CT molecular complexity index is 893. The molecule has 0 N–H and O–H groups in total. The normalized spacial score (nSPS) is 10.7. The van der Waals surface area contributed by atoms with Crippen LogP contribution in [0.3, 0.4) is 0 Å². The predicted octanol–water partition coefficient (Wildman–Crippen LogP) is 5.70. The molecule has 2 aromatic carbocycles. The molecule has 4 heteroatoms. The molecule has 3 aromatic rings. The summed E-state index contributed by atoms with van der Waals surface area (Å²) in [6, 6.07) is 16.2. The molecule has 0 unspecified atom stereocenters. The number of carbonyl (C=O) groups excluding carboxylic acids is 1. The molecular formula is C21H20BrNO2. The van der Waals surface area contributed by atoms with Crippen LogP contribution in [0, 0.1) is 13.8 Å². The van der Waals surface area contributed by atoms with Crippen LogP contribution in [0.2, 0.25) is 0 Å². The first-order chi connectivity index (χ1) is 12.0. The van der Waals surface area contributed by atoms with Crippen molar-refractivity contribution in [3.05, 3.63) is 76.0 Å². The fraction of sp³-hybridized carbons (Fsp3) is 0.190. The molecule has 25 heavy (non-hydrogen) atoms. The number of rotatable bonds is 4. The summed E-state index contributed by atoms with van der Waals surface area (Å²) in [6.07, 6.45) is 2.01. The van der Waals surface area contributed by atoms with Crippen molar-refractivity contribution in [2.45, 2.75) is 20.8 Å². The second-order valence-corrected chi connectivity index (χ2v) is 6.85. The van der Waals surface area contributed by atoms with E-state index in [1.54, 1.807) is 0 Å². The van der Waals surface area contributed by atoms with E-state index in [-0.39, 0.29) is 5.97 Å². The highest BCUT2D eigenvalue weighted by Crippen LogP contribution is 2.31. The first kappa shape index (κ1) is 17.5. The Balaban J connectivity index is 2.18. The lowest BCUT2D eigenvalue weighted by Gasteiger charge is -2.08. The number of carbonyl (C=O) groups is 1. The highest BCUT2D eigenvalue weighted by molar-refractivity contribution is 9.10. The van der Waals surface area contributed by atoms with Gasteiger partial charge in [-0.2, -0.15) is 0 Å². The summed E-state index contributed by atoms with van der Waals surface area (Å²) < 4.78 is 8.35. The topological polar surface area (TPSA) is 31.2 Å². The minimum Gasteiger partial charge on any atom is -0.462 e. The Morgan fingerprint density at radius 1 is 1.04 bits per heavy atom. The van der Waals surface area contributed by atoms with Crippen LogP contribution in [0.15, 0.2) is 59.2 Å². The number of aromatic nitrogens is 1. The number of ether oxygens (including phenoxy) is 1. The van der Waals surface area contributed by atoms with Gasteiger partial charge in [0, 0.05) is 27.6 Å². The molecule has 0 spiro atoms. The molecule has 0 aliphatic heterocycles. The number of hydrogen-bond donors (Lipinski definition) is 0. The van der Waals surface area contributed by atoms with Crippen molar-refractivity contribution in [3.63, 3.8) is 0 Å². The Morgan fingerprint density at radius 2 is 1.68 bits per heavy atom. The third-order valence-corrected chi connectivity index (χ3v) is 4.73. The van der Waals surface area contributed by atoms with Crippen LogP contribution in [0.25, 0.3) is 16.8 Å². The van der Waals surface area contributed by atoms with Gasteiger partial charge in [0.2, 0.25) is 0 Å². The van der Waals surface area contributed by atoms with Gasteiger partial charge in [0.15, 0.2) is 0 Å². The first-order valence-electron chi connectivity index (χ1n) is 8.23. The molecule has 3 nitrogen and oxygen atoms in total. The predicted molar refractivity (Wildman–Crippen MR) is 104 cm³/mol. The summed E-state index contributed by atoms with van der Waals surface area (Å²) in [5.74, 6) is -0.288. The standard InChI is InChI=1S/C21H20BrNO2/c1-4-25-21(24)20-15(3)23(18-11-5-14(2)6-12-18)13-19(20)16-7-9-17(22)10-8-16/h5-13H,4H2,1-3H3. The Labute approximate surface area is 156 Å². The van der Waals surface area contributed by atoms with Gasteiger partial charge >= 0.3 is 5.97 Å². The Hall–Kier alpha value is -2.33. The zero-order valence-electron chi connectivity index (χ0n) is 14.5. The summed E-state index contributed by atoms with van der Waals surface area (Å²) >= 11 is 3.46. The Kier molecular flexibility index (Phi) is 5.09. The molecular weight excluding hydrogens is 378 g/mol. The molecule has 3 rings (SSSR count). The summed E-state index contributed by atoms with van der Waals surface area (Å²) in [5, 5.41) is 0.